The molecule has 1 heteroatoms. The van der Waals surface area contributed by atoms with E-state index in [0.29, 0.717) is 27.7 Å². The fourth-order valence-corrected chi connectivity index (χ4v) is 11.0. The van der Waals surface area contributed by atoms with Gasteiger partial charge in [-0.25, -0.2) is 0 Å². The molecule has 9 unspecified atom stereocenters. The summed E-state index contributed by atoms with van der Waals surface area (Å²) in [6, 6.07) is 0.459. The molecule has 5 saturated carbocycles. The molecule has 0 aromatic carbocycles. The lowest BCUT2D eigenvalue weighted by atomic mass is 9.40. The van der Waals surface area contributed by atoms with E-state index in [-0.39, 0.29) is 0 Å². The minimum Gasteiger partial charge on any atom is -0.328 e. The highest BCUT2D eigenvalue weighted by molar-refractivity contribution is 5.12. The fourth-order valence-electron chi connectivity index (χ4n) is 11.0. The van der Waals surface area contributed by atoms with Crippen molar-refractivity contribution in [3.63, 3.8) is 0 Å². The lowest BCUT2D eigenvalue weighted by molar-refractivity contribution is -0.155. The Kier molecular flexibility index (Phi) is 6.36. The average molecular weight is 456 g/mol. The molecule has 2 N–H and O–H groups in total. The molecule has 0 radical (unpaired) electrons. The lowest BCUT2D eigenvalue weighted by Crippen LogP contribution is -2.59. The molecule has 5 fully saturated rings. The Hall–Kier alpha value is -0.0400. The van der Waals surface area contributed by atoms with Gasteiger partial charge in [0.25, 0.3) is 0 Å². The molecular weight excluding hydrogens is 398 g/mol. The molecule has 0 heterocycles. The first kappa shape index (κ1) is 24.6. The minimum absolute atomic E-state index is 0.459. The van der Waals surface area contributed by atoms with E-state index in [0.717, 1.165) is 35.5 Å². The fraction of sp³-hybridized carbons (Fsp3) is 1.00. The van der Waals surface area contributed by atoms with Crippen molar-refractivity contribution in [2.45, 2.75) is 144 Å². The maximum atomic E-state index is 6.51. The van der Waals surface area contributed by atoms with E-state index in [4.69, 9.17) is 5.73 Å². The van der Waals surface area contributed by atoms with Gasteiger partial charge in [0, 0.05) is 6.04 Å². The van der Waals surface area contributed by atoms with E-state index in [1.54, 1.807) is 6.42 Å². The van der Waals surface area contributed by atoms with Gasteiger partial charge in [0.15, 0.2) is 0 Å². The molecule has 0 amide bonds. The standard InChI is InChI=1S/C32H57N/c1-22(19-23-9-14-29(2,3)15-10-23)20-24-7-8-27-26-12-16-30(4)21-25(33)11-18-32(30,6)28(26)13-17-31(24,27)5/h22-28H,7-21,33H2,1-6H3. The summed E-state index contributed by atoms with van der Waals surface area (Å²) in [5.41, 5.74) is 8.80. The summed E-state index contributed by atoms with van der Waals surface area (Å²) >= 11 is 0. The van der Waals surface area contributed by atoms with E-state index < -0.39 is 0 Å². The Morgan fingerprint density at radius 1 is 0.727 bits per heavy atom. The van der Waals surface area contributed by atoms with Crippen molar-refractivity contribution in [2.24, 2.45) is 62.9 Å². The first-order valence-electron chi connectivity index (χ1n) is 15.2. The monoisotopic (exact) mass is 455 g/mol. The van der Waals surface area contributed by atoms with Crippen LogP contribution in [0.4, 0.5) is 0 Å². The molecule has 5 rings (SSSR count). The Morgan fingerprint density at radius 2 is 1.45 bits per heavy atom. The molecule has 33 heavy (non-hydrogen) atoms. The summed E-state index contributed by atoms with van der Waals surface area (Å²) in [5, 5.41) is 0. The topological polar surface area (TPSA) is 26.0 Å². The zero-order chi connectivity index (χ0) is 23.6. The van der Waals surface area contributed by atoms with Crippen molar-refractivity contribution < 1.29 is 0 Å². The maximum Gasteiger partial charge on any atom is 0.00444 e. The van der Waals surface area contributed by atoms with Crippen LogP contribution in [0.2, 0.25) is 0 Å². The van der Waals surface area contributed by atoms with E-state index in [9.17, 15) is 0 Å². The Bertz CT molecular complexity index is 701. The molecule has 0 aromatic heterocycles. The highest BCUT2D eigenvalue weighted by Crippen LogP contribution is 2.71. The highest BCUT2D eigenvalue weighted by Gasteiger charge is 2.63. The van der Waals surface area contributed by atoms with Gasteiger partial charge in [-0.1, -0.05) is 41.5 Å². The SMILES string of the molecule is CC(CC1CCC(C)(C)CC1)CC1CCC2C3CCC4(C)CC(N)CCC4(C)C3CCC12C. The first-order chi connectivity index (χ1) is 15.5. The predicted molar refractivity (Wildman–Crippen MR) is 142 cm³/mol. The van der Waals surface area contributed by atoms with Gasteiger partial charge in [-0.3, -0.25) is 0 Å². The molecule has 9 atom stereocenters. The molecule has 190 valence electrons. The quantitative estimate of drug-likeness (QED) is 0.449. The first-order valence-corrected chi connectivity index (χ1v) is 15.2. The summed E-state index contributed by atoms with van der Waals surface area (Å²) in [4.78, 5) is 0. The van der Waals surface area contributed by atoms with Crippen molar-refractivity contribution in [3.8, 4) is 0 Å². The molecule has 0 spiro atoms. The zero-order valence-electron chi connectivity index (χ0n) is 23.2. The maximum absolute atomic E-state index is 6.51. The average Bonchev–Trinajstić information content (AvgIpc) is 3.07. The molecule has 5 aliphatic rings. The van der Waals surface area contributed by atoms with Gasteiger partial charge in [0.2, 0.25) is 0 Å². The van der Waals surface area contributed by atoms with Gasteiger partial charge in [0.1, 0.15) is 0 Å². The molecule has 0 aliphatic heterocycles. The molecule has 5 aliphatic carbocycles. The third-order valence-electron chi connectivity index (χ3n) is 13.5. The van der Waals surface area contributed by atoms with Crippen LogP contribution >= 0.6 is 0 Å². The Labute approximate surface area is 206 Å². The van der Waals surface area contributed by atoms with Crippen LogP contribution in [0.1, 0.15) is 138 Å². The molecular formula is C32H57N. The van der Waals surface area contributed by atoms with Crippen LogP contribution in [0.3, 0.4) is 0 Å². The third-order valence-corrected chi connectivity index (χ3v) is 13.5. The van der Waals surface area contributed by atoms with Gasteiger partial charge in [0.05, 0.1) is 0 Å². The molecule has 0 saturated heterocycles. The van der Waals surface area contributed by atoms with Crippen molar-refractivity contribution in [1.29, 1.82) is 0 Å². The second kappa shape index (κ2) is 8.52. The van der Waals surface area contributed by atoms with Gasteiger partial charge in [-0.15, -0.1) is 0 Å². The number of nitrogens with two attached hydrogens (primary N) is 1. The lowest BCUT2D eigenvalue weighted by Gasteiger charge is -2.65. The van der Waals surface area contributed by atoms with E-state index in [1.165, 1.54) is 89.9 Å². The molecule has 0 bridgehead atoms. The van der Waals surface area contributed by atoms with Gasteiger partial charge in [-0.05, 0) is 153 Å². The van der Waals surface area contributed by atoms with Crippen LogP contribution in [0.15, 0.2) is 0 Å². The summed E-state index contributed by atoms with van der Waals surface area (Å²) in [7, 11) is 0. The van der Waals surface area contributed by atoms with Crippen molar-refractivity contribution in [3.05, 3.63) is 0 Å². The largest absolute Gasteiger partial charge is 0.328 e. The number of hydrogen-bond donors (Lipinski definition) is 1. The van der Waals surface area contributed by atoms with Crippen LogP contribution in [0, 0.1) is 57.2 Å². The number of fused-ring (bicyclic) bond motifs is 5. The molecule has 0 aromatic rings. The summed E-state index contributed by atoms with van der Waals surface area (Å²) in [6.07, 6.45) is 21.9. The Morgan fingerprint density at radius 3 is 2.18 bits per heavy atom. The number of hydrogen-bond acceptors (Lipinski definition) is 1. The predicted octanol–water partition coefficient (Wildman–Crippen LogP) is 9.00. The summed E-state index contributed by atoms with van der Waals surface area (Å²) in [6.45, 7) is 15.7. The van der Waals surface area contributed by atoms with Crippen molar-refractivity contribution >= 4 is 0 Å². The third kappa shape index (κ3) is 4.17. The number of rotatable bonds is 4. The van der Waals surface area contributed by atoms with Crippen molar-refractivity contribution in [2.75, 3.05) is 0 Å². The minimum atomic E-state index is 0.459. The van der Waals surface area contributed by atoms with Gasteiger partial charge >= 0.3 is 0 Å². The smallest absolute Gasteiger partial charge is 0.00444 e. The van der Waals surface area contributed by atoms with Crippen molar-refractivity contribution in [1.82, 2.24) is 0 Å². The van der Waals surface area contributed by atoms with Gasteiger partial charge in [-0.2, -0.15) is 0 Å². The van der Waals surface area contributed by atoms with Crippen LogP contribution in [-0.4, -0.2) is 6.04 Å². The van der Waals surface area contributed by atoms with Gasteiger partial charge < -0.3 is 5.73 Å². The van der Waals surface area contributed by atoms with Crippen LogP contribution in [0.5, 0.6) is 0 Å². The highest BCUT2D eigenvalue weighted by atomic mass is 14.7. The van der Waals surface area contributed by atoms with Crippen LogP contribution < -0.4 is 5.73 Å². The van der Waals surface area contributed by atoms with Crippen LogP contribution in [0.25, 0.3) is 0 Å². The van der Waals surface area contributed by atoms with E-state index >= 15 is 0 Å². The summed E-state index contributed by atoms with van der Waals surface area (Å²) < 4.78 is 0. The second-order valence-electron chi connectivity index (χ2n) is 15.9. The normalized spacial score (nSPS) is 50.8. The van der Waals surface area contributed by atoms with E-state index in [2.05, 4.69) is 41.5 Å². The zero-order valence-corrected chi connectivity index (χ0v) is 23.2. The summed E-state index contributed by atoms with van der Waals surface area (Å²) in [5.74, 6) is 5.95. The Balaban J connectivity index is 1.23. The van der Waals surface area contributed by atoms with E-state index in [1.807, 2.05) is 0 Å². The second-order valence-corrected chi connectivity index (χ2v) is 15.9. The molecule has 1 nitrogen and oxygen atoms in total. The van der Waals surface area contributed by atoms with Crippen LogP contribution in [-0.2, 0) is 0 Å².